The lowest BCUT2D eigenvalue weighted by Gasteiger charge is -2.29. The smallest absolute Gasteiger partial charge is 0.209 e. The number of aliphatic hydroxyl groups is 2. The summed E-state index contributed by atoms with van der Waals surface area (Å²) in [5.74, 6) is 0.0167. The summed E-state index contributed by atoms with van der Waals surface area (Å²) in [6, 6.07) is 0. The second kappa shape index (κ2) is 6.42. The van der Waals surface area contributed by atoms with Crippen LogP contribution in [0.1, 0.15) is 32.6 Å². The van der Waals surface area contributed by atoms with Gasteiger partial charge in [-0.15, -0.1) is 0 Å². The molecule has 0 radical (unpaired) electrons. The Bertz CT molecular complexity index is 749. The van der Waals surface area contributed by atoms with E-state index in [9.17, 15) is 15.0 Å². The van der Waals surface area contributed by atoms with Gasteiger partial charge in [0, 0.05) is 12.8 Å². The minimum atomic E-state index is -1.45. The van der Waals surface area contributed by atoms with E-state index in [2.05, 4.69) is 15.0 Å². The van der Waals surface area contributed by atoms with Gasteiger partial charge in [-0.25, -0.2) is 15.0 Å². The van der Waals surface area contributed by atoms with Crippen LogP contribution in [0.3, 0.4) is 0 Å². The van der Waals surface area contributed by atoms with Crippen molar-refractivity contribution < 1.29 is 19.7 Å². The van der Waals surface area contributed by atoms with Crippen molar-refractivity contribution in [2.75, 3.05) is 12.3 Å². The van der Waals surface area contributed by atoms with Gasteiger partial charge in [0.1, 0.15) is 17.9 Å². The van der Waals surface area contributed by atoms with Crippen LogP contribution in [-0.4, -0.2) is 54.3 Å². The number of hydrogen-bond acceptors (Lipinski definition) is 8. The lowest BCUT2D eigenvalue weighted by molar-refractivity contribution is -0.160. The van der Waals surface area contributed by atoms with Crippen LogP contribution in [0, 0.1) is 0 Å². The van der Waals surface area contributed by atoms with E-state index in [4.69, 9.17) is 10.5 Å². The molecule has 9 heteroatoms. The third-order valence-electron chi connectivity index (χ3n) is 4.39. The summed E-state index contributed by atoms with van der Waals surface area (Å²) in [6.45, 7) is 1.61. The molecule has 24 heavy (non-hydrogen) atoms. The summed E-state index contributed by atoms with van der Waals surface area (Å²) in [4.78, 5) is 25.2. The largest absolute Gasteiger partial charge is 0.394 e. The number of rotatable bonds is 6. The number of anilines is 1. The molecule has 3 atom stereocenters. The molecule has 1 fully saturated rings. The van der Waals surface area contributed by atoms with Crippen LogP contribution in [0.25, 0.3) is 11.2 Å². The number of unbranched alkanes of at least 4 members (excludes halogenated alkanes) is 1. The van der Waals surface area contributed by atoms with Crippen LogP contribution < -0.4 is 5.73 Å². The molecule has 0 aliphatic carbocycles. The molecule has 0 spiro atoms. The van der Waals surface area contributed by atoms with Crippen LogP contribution in [0.5, 0.6) is 0 Å². The standard InChI is InChI=1S/C15H21N5O4/c1-2-3-4-11(23)15(5-9(22)10(6-21)24-15)20-8-19-12-13(16)17-7-18-14(12)20/h7-10,21-22H,2-6H2,1H3,(H2,16,17,18)/t9-,10+,15-/m0/s1. The maximum atomic E-state index is 12.9. The predicted octanol–water partition coefficient (Wildman–Crippen LogP) is -0.0373. The number of nitrogens with two attached hydrogens (primary N) is 1. The summed E-state index contributed by atoms with van der Waals surface area (Å²) in [7, 11) is 0. The maximum Gasteiger partial charge on any atom is 0.209 e. The summed E-state index contributed by atoms with van der Waals surface area (Å²) in [5.41, 5.74) is 5.09. The van der Waals surface area contributed by atoms with E-state index < -0.39 is 17.9 Å². The van der Waals surface area contributed by atoms with Crippen LogP contribution >= 0.6 is 0 Å². The molecule has 3 heterocycles. The van der Waals surface area contributed by atoms with Gasteiger partial charge in [-0.2, -0.15) is 0 Å². The number of hydrogen-bond donors (Lipinski definition) is 3. The zero-order chi connectivity index (χ0) is 17.3. The molecule has 0 saturated carbocycles. The third kappa shape index (κ3) is 2.54. The molecule has 1 aliphatic heterocycles. The van der Waals surface area contributed by atoms with Gasteiger partial charge in [0.2, 0.25) is 5.72 Å². The monoisotopic (exact) mass is 335 g/mol. The molecular formula is C15H21N5O4. The second-order valence-electron chi connectivity index (χ2n) is 5.97. The Morgan fingerprint density at radius 1 is 1.50 bits per heavy atom. The molecule has 0 amide bonds. The Kier molecular flexibility index (Phi) is 4.48. The minimum Gasteiger partial charge on any atom is -0.394 e. The highest BCUT2D eigenvalue weighted by Gasteiger charge is 2.52. The van der Waals surface area contributed by atoms with Gasteiger partial charge in [-0.1, -0.05) is 13.3 Å². The van der Waals surface area contributed by atoms with E-state index in [1.807, 2.05) is 6.92 Å². The third-order valence-corrected chi connectivity index (χ3v) is 4.39. The van der Waals surface area contributed by atoms with Gasteiger partial charge in [-0.3, -0.25) is 9.36 Å². The Labute approximate surface area is 138 Å². The maximum absolute atomic E-state index is 12.9. The lowest BCUT2D eigenvalue weighted by Crippen LogP contribution is -2.42. The first-order valence-electron chi connectivity index (χ1n) is 7.97. The van der Waals surface area contributed by atoms with E-state index in [-0.39, 0.29) is 24.6 Å². The Balaban J connectivity index is 2.11. The number of carbonyl (C=O) groups is 1. The van der Waals surface area contributed by atoms with Crippen molar-refractivity contribution in [1.29, 1.82) is 0 Å². The number of ketones is 1. The minimum absolute atomic E-state index is 0.0240. The van der Waals surface area contributed by atoms with Crippen molar-refractivity contribution in [2.24, 2.45) is 0 Å². The number of nitrogen functional groups attached to an aromatic ring is 1. The molecule has 0 bridgehead atoms. The second-order valence-corrected chi connectivity index (χ2v) is 5.97. The zero-order valence-corrected chi connectivity index (χ0v) is 13.4. The number of carbonyl (C=O) groups excluding carboxylic acids is 1. The van der Waals surface area contributed by atoms with Gasteiger partial charge in [-0.05, 0) is 6.42 Å². The fourth-order valence-corrected chi connectivity index (χ4v) is 3.07. The highest BCUT2D eigenvalue weighted by Crippen LogP contribution is 2.39. The van der Waals surface area contributed by atoms with E-state index in [1.54, 1.807) is 0 Å². The zero-order valence-electron chi connectivity index (χ0n) is 13.4. The van der Waals surface area contributed by atoms with Crippen LogP contribution in [0.4, 0.5) is 5.82 Å². The molecular weight excluding hydrogens is 314 g/mol. The number of Topliss-reactive ketones (excluding diaryl/α,β-unsaturated/α-hetero) is 1. The van der Waals surface area contributed by atoms with Crippen molar-refractivity contribution in [1.82, 2.24) is 19.5 Å². The molecule has 9 nitrogen and oxygen atoms in total. The molecule has 4 N–H and O–H groups in total. The van der Waals surface area contributed by atoms with Crippen molar-refractivity contribution in [3.05, 3.63) is 12.7 Å². The molecule has 1 saturated heterocycles. The topological polar surface area (TPSA) is 136 Å². The summed E-state index contributed by atoms with van der Waals surface area (Å²) < 4.78 is 7.33. The Morgan fingerprint density at radius 3 is 2.96 bits per heavy atom. The van der Waals surface area contributed by atoms with Crippen molar-refractivity contribution in [3.63, 3.8) is 0 Å². The van der Waals surface area contributed by atoms with Gasteiger partial charge < -0.3 is 20.7 Å². The highest BCUT2D eigenvalue weighted by atomic mass is 16.6. The normalized spacial score (nSPS) is 27.0. The number of fused-ring (bicyclic) bond motifs is 1. The van der Waals surface area contributed by atoms with E-state index in [1.165, 1.54) is 17.2 Å². The number of imidazole rings is 1. The van der Waals surface area contributed by atoms with Crippen LogP contribution in [0.15, 0.2) is 12.7 Å². The van der Waals surface area contributed by atoms with E-state index in [0.29, 0.717) is 24.0 Å². The molecule has 0 unspecified atom stereocenters. The first-order chi connectivity index (χ1) is 11.5. The van der Waals surface area contributed by atoms with E-state index >= 15 is 0 Å². The van der Waals surface area contributed by atoms with Gasteiger partial charge >= 0.3 is 0 Å². The van der Waals surface area contributed by atoms with E-state index in [0.717, 1.165) is 6.42 Å². The van der Waals surface area contributed by atoms with Crippen LogP contribution in [-0.2, 0) is 15.3 Å². The number of aromatic nitrogens is 4. The van der Waals surface area contributed by atoms with Crippen molar-refractivity contribution >= 4 is 22.8 Å². The summed E-state index contributed by atoms with van der Waals surface area (Å²) >= 11 is 0. The molecule has 3 rings (SSSR count). The molecule has 0 aromatic carbocycles. The molecule has 130 valence electrons. The molecule has 1 aliphatic rings. The number of ether oxygens (including phenoxy) is 1. The first kappa shape index (κ1) is 16.7. The fourth-order valence-electron chi connectivity index (χ4n) is 3.07. The number of aliphatic hydroxyl groups excluding tert-OH is 2. The van der Waals surface area contributed by atoms with Crippen molar-refractivity contribution in [2.45, 2.75) is 50.5 Å². The Morgan fingerprint density at radius 2 is 2.29 bits per heavy atom. The lowest BCUT2D eigenvalue weighted by atomic mass is 9.98. The number of nitrogens with zero attached hydrogens (tertiary/aromatic N) is 4. The molecule has 2 aromatic rings. The van der Waals surface area contributed by atoms with Gasteiger partial charge in [0.15, 0.2) is 17.2 Å². The van der Waals surface area contributed by atoms with Crippen molar-refractivity contribution in [3.8, 4) is 0 Å². The molecule has 2 aromatic heterocycles. The quantitative estimate of drug-likeness (QED) is 0.669. The fraction of sp³-hybridized carbons (Fsp3) is 0.600. The van der Waals surface area contributed by atoms with Gasteiger partial charge in [0.25, 0.3) is 0 Å². The van der Waals surface area contributed by atoms with Gasteiger partial charge in [0.05, 0.1) is 19.0 Å². The van der Waals surface area contributed by atoms with Crippen LogP contribution in [0.2, 0.25) is 0 Å². The average Bonchev–Trinajstić information content (AvgIpc) is 3.15. The average molecular weight is 335 g/mol. The SMILES string of the molecule is CCCCC(=O)[C@]1(n2cnc3c(N)ncnc32)C[C@H](O)[C@@H](CO)O1. The Hall–Kier alpha value is -2.10. The highest BCUT2D eigenvalue weighted by molar-refractivity contribution is 5.89. The first-order valence-corrected chi connectivity index (χ1v) is 7.97. The summed E-state index contributed by atoms with van der Waals surface area (Å²) in [5, 5.41) is 19.6. The summed E-state index contributed by atoms with van der Waals surface area (Å²) in [6.07, 6.45) is 2.78. The predicted molar refractivity (Wildman–Crippen MR) is 84.8 cm³/mol.